The van der Waals surface area contributed by atoms with Crippen molar-refractivity contribution >= 4 is 22.8 Å². The van der Waals surface area contributed by atoms with Gasteiger partial charge in [-0.25, -0.2) is 4.98 Å². The highest BCUT2D eigenvalue weighted by atomic mass is 16.2. The Morgan fingerprint density at radius 2 is 1.87 bits per heavy atom. The molecule has 2 aliphatic rings. The van der Waals surface area contributed by atoms with Gasteiger partial charge in [0.15, 0.2) is 5.65 Å². The number of aryl methyl sites for hydroxylation is 1. The van der Waals surface area contributed by atoms with E-state index in [4.69, 9.17) is 10.1 Å². The minimum Gasteiger partial charge on any atom is -0.355 e. The predicted molar refractivity (Wildman–Crippen MR) is 118 cm³/mol. The van der Waals surface area contributed by atoms with Crippen molar-refractivity contribution in [2.24, 2.45) is 7.05 Å². The number of fused-ring (bicyclic) bond motifs is 1. The van der Waals surface area contributed by atoms with Crippen LogP contribution in [0.4, 0.5) is 0 Å². The number of pyridine rings is 1. The van der Waals surface area contributed by atoms with Crippen LogP contribution in [0.25, 0.3) is 11.0 Å². The first-order valence-corrected chi connectivity index (χ1v) is 11.0. The van der Waals surface area contributed by atoms with Gasteiger partial charge in [-0.3, -0.25) is 14.3 Å². The molecule has 2 amide bonds. The van der Waals surface area contributed by atoms with E-state index in [0.29, 0.717) is 23.6 Å². The van der Waals surface area contributed by atoms with Gasteiger partial charge in [-0.15, -0.1) is 0 Å². The molecule has 1 N–H and O–H groups in total. The number of nitrogens with zero attached hydrogens (tertiary/aromatic N) is 4. The van der Waals surface area contributed by atoms with Crippen LogP contribution >= 0.6 is 0 Å². The molecule has 2 fully saturated rings. The molecule has 160 valence electrons. The molecule has 1 saturated carbocycles. The Kier molecular flexibility index (Phi) is 4.96. The topological polar surface area (TPSA) is 80.1 Å². The van der Waals surface area contributed by atoms with Crippen molar-refractivity contribution in [3.8, 4) is 0 Å². The van der Waals surface area contributed by atoms with Crippen molar-refractivity contribution in [3.63, 3.8) is 0 Å². The normalized spacial score (nSPS) is 18.9. The third kappa shape index (κ3) is 3.58. The van der Waals surface area contributed by atoms with Crippen LogP contribution in [0.3, 0.4) is 0 Å². The van der Waals surface area contributed by atoms with E-state index in [0.717, 1.165) is 54.6 Å². The number of carbonyl (C=O) groups excluding carboxylic acids is 2. The summed E-state index contributed by atoms with van der Waals surface area (Å²) in [5.74, 6) is 0.449. The summed E-state index contributed by atoms with van der Waals surface area (Å²) in [4.78, 5) is 32.6. The zero-order valence-corrected chi connectivity index (χ0v) is 18.0. The van der Waals surface area contributed by atoms with Crippen LogP contribution < -0.4 is 5.32 Å². The molecule has 1 aromatic carbocycles. The zero-order valence-electron chi connectivity index (χ0n) is 18.0. The fraction of sp³-hybridized carbons (Fsp3) is 0.417. The third-order valence-corrected chi connectivity index (χ3v) is 6.42. The van der Waals surface area contributed by atoms with Gasteiger partial charge < -0.3 is 10.2 Å². The quantitative estimate of drug-likeness (QED) is 0.707. The lowest BCUT2D eigenvalue weighted by Crippen LogP contribution is -2.39. The molecule has 2 aromatic heterocycles. The minimum absolute atomic E-state index is 0.0474. The Morgan fingerprint density at radius 1 is 1.10 bits per heavy atom. The van der Waals surface area contributed by atoms with Crippen molar-refractivity contribution in [2.45, 2.75) is 37.5 Å². The first kappa shape index (κ1) is 19.7. The van der Waals surface area contributed by atoms with Gasteiger partial charge in [0.2, 0.25) is 0 Å². The molecule has 31 heavy (non-hydrogen) atoms. The second kappa shape index (κ2) is 7.80. The predicted octanol–water partition coefficient (Wildman–Crippen LogP) is 3.23. The summed E-state index contributed by atoms with van der Waals surface area (Å²) in [6.45, 7) is 1.33. The largest absolute Gasteiger partial charge is 0.355 e. The Labute approximate surface area is 181 Å². The fourth-order valence-electron chi connectivity index (χ4n) is 4.63. The van der Waals surface area contributed by atoms with Crippen LogP contribution in [0.1, 0.15) is 69.6 Å². The van der Waals surface area contributed by atoms with E-state index in [1.807, 2.05) is 48.3 Å². The lowest BCUT2D eigenvalue weighted by Gasteiger charge is -2.32. The number of benzene rings is 1. The molecule has 0 bridgehead atoms. The number of piperidine rings is 1. The molecule has 1 atom stereocenters. The van der Waals surface area contributed by atoms with Gasteiger partial charge >= 0.3 is 0 Å². The maximum absolute atomic E-state index is 13.0. The van der Waals surface area contributed by atoms with Gasteiger partial charge in [0.1, 0.15) is 0 Å². The van der Waals surface area contributed by atoms with Crippen molar-refractivity contribution in [1.82, 2.24) is 25.0 Å². The summed E-state index contributed by atoms with van der Waals surface area (Å²) in [7, 11) is 3.54. The van der Waals surface area contributed by atoms with Crippen molar-refractivity contribution in [3.05, 3.63) is 58.9 Å². The third-order valence-electron chi connectivity index (χ3n) is 6.42. The Balaban J connectivity index is 1.53. The standard InChI is InChI=1S/C24H27N5O2/c1-25-23(30)18-13-19(15-10-11-15)26-22-20(18)21(27-28(22)2)17-9-6-12-29(14-17)24(31)16-7-4-3-5-8-16/h3-5,7-8,13,15,17H,6,9-12,14H2,1-2H3,(H,25,30). The molecule has 0 spiro atoms. The van der Waals surface area contributed by atoms with Gasteiger partial charge in [0, 0.05) is 50.3 Å². The number of likely N-dealkylation sites (tertiary alicyclic amines) is 1. The van der Waals surface area contributed by atoms with Gasteiger partial charge in [0.25, 0.3) is 11.8 Å². The first-order valence-electron chi connectivity index (χ1n) is 11.0. The lowest BCUT2D eigenvalue weighted by atomic mass is 9.91. The van der Waals surface area contributed by atoms with Gasteiger partial charge in [0.05, 0.1) is 16.6 Å². The number of hydrogen-bond donors (Lipinski definition) is 1. The van der Waals surface area contributed by atoms with Crippen LogP contribution in [0.15, 0.2) is 36.4 Å². The molecular formula is C24H27N5O2. The molecule has 5 rings (SSSR count). The molecule has 1 unspecified atom stereocenters. The second-order valence-corrected chi connectivity index (χ2v) is 8.61. The number of rotatable bonds is 4. The summed E-state index contributed by atoms with van der Waals surface area (Å²) in [5, 5.41) is 8.42. The lowest BCUT2D eigenvalue weighted by molar-refractivity contribution is 0.0705. The molecule has 3 heterocycles. The molecule has 7 nitrogen and oxygen atoms in total. The monoisotopic (exact) mass is 417 g/mol. The first-order chi connectivity index (χ1) is 15.1. The fourth-order valence-corrected chi connectivity index (χ4v) is 4.63. The van der Waals surface area contributed by atoms with Crippen molar-refractivity contribution in [1.29, 1.82) is 0 Å². The van der Waals surface area contributed by atoms with Crippen LogP contribution in [0.5, 0.6) is 0 Å². The Bertz CT molecular complexity index is 1150. The average molecular weight is 418 g/mol. The zero-order chi connectivity index (χ0) is 21.5. The summed E-state index contributed by atoms with van der Waals surface area (Å²) < 4.78 is 1.79. The Hall–Kier alpha value is -3.22. The van der Waals surface area contributed by atoms with Crippen LogP contribution in [0.2, 0.25) is 0 Å². The number of carbonyl (C=O) groups is 2. The highest BCUT2D eigenvalue weighted by Crippen LogP contribution is 2.41. The van der Waals surface area contributed by atoms with E-state index in [1.54, 1.807) is 11.7 Å². The van der Waals surface area contributed by atoms with E-state index in [1.165, 1.54) is 0 Å². The maximum Gasteiger partial charge on any atom is 0.253 e. The smallest absolute Gasteiger partial charge is 0.253 e. The molecule has 1 aliphatic heterocycles. The molecule has 7 heteroatoms. The number of aromatic nitrogens is 3. The van der Waals surface area contributed by atoms with E-state index < -0.39 is 0 Å². The summed E-state index contributed by atoms with van der Waals surface area (Å²) in [6.07, 6.45) is 4.08. The van der Waals surface area contributed by atoms with Gasteiger partial charge in [-0.05, 0) is 43.9 Å². The SMILES string of the molecule is CNC(=O)c1cc(C2CC2)nc2c1c(C1CCCN(C(=O)c3ccccc3)C1)nn2C. The number of nitrogens with one attached hydrogen (secondary N) is 1. The van der Waals surface area contributed by atoms with Crippen molar-refractivity contribution < 1.29 is 9.59 Å². The second-order valence-electron chi connectivity index (χ2n) is 8.61. The van der Waals surface area contributed by atoms with Crippen LogP contribution in [-0.4, -0.2) is 51.6 Å². The average Bonchev–Trinajstić information content (AvgIpc) is 3.62. The highest BCUT2D eigenvalue weighted by Gasteiger charge is 2.32. The summed E-state index contributed by atoms with van der Waals surface area (Å²) in [6, 6.07) is 11.3. The molecule has 1 aliphatic carbocycles. The minimum atomic E-state index is -0.114. The Morgan fingerprint density at radius 3 is 2.58 bits per heavy atom. The maximum atomic E-state index is 13.0. The molecular weight excluding hydrogens is 390 g/mol. The van der Waals surface area contributed by atoms with Crippen LogP contribution in [0, 0.1) is 0 Å². The van der Waals surface area contributed by atoms with Gasteiger partial charge in [-0.2, -0.15) is 5.10 Å². The molecule has 3 aromatic rings. The number of amides is 2. The van der Waals surface area contributed by atoms with E-state index >= 15 is 0 Å². The highest BCUT2D eigenvalue weighted by molar-refractivity contribution is 6.06. The summed E-state index contributed by atoms with van der Waals surface area (Å²) >= 11 is 0. The summed E-state index contributed by atoms with van der Waals surface area (Å²) in [5.41, 5.74) is 3.95. The van der Waals surface area contributed by atoms with Crippen molar-refractivity contribution in [2.75, 3.05) is 20.1 Å². The van der Waals surface area contributed by atoms with E-state index in [9.17, 15) is 9.59 Å². The van der Waals surface area contributed by atoms with E-state index in [2.05, 4.69) is 5.32 Å². The number of hydrogen-bond acceptors (Lipinski definition) is 4. The van der Waals surface area contributed by atoms with E-state index in [-0.39, 0.29) is 17.7 Å². The molecule has 0 radical (unpaired) electrons. The van der Waals surface area contributed by atoms with Crippen LogP contribution in [-0.2, 0) is 7.05 Å². The van der Waals surface area contributed by atoms with Gasteiger partial charge in [-0.1, -0.05) is 18.2 Å². The molecule has 1 saturated heterocycles.